The number of benzene rings is 6. The van der Waals surface area contributed by atoms with Gasteiger partial charge in [0, 0.05) is 16.5 Å². The van der Waals surface area contributed by atoms with Crippen LogP contribution in [-0.4, -0.2) is 14.5 Å². The summed E-state index contributed by atoms with van der Waals surface area (Å²) < 4.78 is 2.36. The summed E-state index contributed by atoms with van der Waals surface area (Å²) in [6.07, 6.45) is 0. The first kappa shape index (κ1) is 23.9. The van der Waals surface area contributed by atoms with Crippen molar-refractivity contribution in [2.45, 2.75) is 0 Å². The average molecular weight is 548 g/mol. The molecule has 8 aromatic rings. The van der Waals surface area contributed by atoms with E-state index in [1.807, 2.05) is 24.3 Å². The monoisotopic (exact) mass is 547 g/mol. The van der Waals surface area contributed by atoms with Gasteiger partial charge < -0.3 is 0 Å². The summed E-state index contributed by atoms with van der Waals surface area (Å²) in [5, 5.41) is 1.23. The molecular formula is C40H25N3. The van der Waals surface area contributed by atoms with Crippen LogP contribution in [0, 0.1) is 0 Å². The summed E-state index contributed by atoms with van der Waals surface area (Å²) in [4.78, 5) is 10.6. The van der Waals surface area contributed by atoms with E-state index in [1.165, 1.54) is 38.8 Å². The van der Waals surface area contributed by atoms with E-state index in [9.17, 15) is 0 Å². The van der Waals surface area contributed by atoms with E-state index in [2.05, 4.69) is 132 Å². The standard InChI is InChI=1S/C40H25N3/c1-3-14-26(15-4-1)38-40(42-34-24-12-11-23-33(34)41-38)43-35-25-13-22-31-29-19-8-7-18-28(29)30-20-9-10-21-32(30)37(36(31)35)39(43)27-16-5-2-6-17-27/h1-25H. The van der Waals surface area contributed by atoms with Gasteiger partial charge in [-0.2, -0.15) is 0 Å². The van der Waals surface area contributed by atoms with Gasteiger partial charge in [-0.1, -0.05) is 133 Å². The van der Waals surface area contributed by atoms with Gasteiger partial charge in [-0.15, -0.1) is 0 Å². The van der Waals surface area contributed by atoms with Crippen LogP contribution >= 0.6 is 0 Å². The van der Waals surface area contributed by atoms with Crippen molar-refractivity contribution >= 4 is 21.9 Å². The maximum atomic E-state index is 5.38. The van der Waals surface area contributed by atoms with E-state index in [0.29, 0.717) is 0 Å². The molecule has 1 aliphatic carbocycles. The lowest BCUT2D eigenvalue weighted by atomic mass is 9.93. The van der Waals surface area contributed by atoms with Gasteiger partial charge in [-0.05, 0) is 51.6 Å². The molecule has 2 aromatic heterocycles. The molecule has 0 fully saturated rings. The first-order valence-corrected chi connectivity index (χ1v) is 14.6. The lowest BCUT2D eigenvalue weighted by Gasteiger charge is -2.18. The Morgan fingerprint density at radius 1 is 0.395 bits per heavy atom. The Balaban J connectivity index is 1.52. The van der Waals surface area contributed by atoms with Crippen molar-refractivity contribution < 1.29 is 0 Å². The number of fused-ring (bicyclic) bond motifs is 6. The van der Waals surface area contributed by atoms with Crippen molar-refractivity contribution in [3.05, 3.63) is 152 Å². The van der Waals surface area contributed by atoms with Crippen LogP contribution in [0.25, 0.3) is 83.6 Å². The first-order valence-electron chi connectivity index (χ1n) is 14.6. The molecule has 0 saturated carbocycles. The van der Waals surface area contributed by atoms with Crippen molar-refractivity contribution in [2.24, 2.45) is 0 Å². The zero-order valence-electron chi connectivity index (χ0n) is 23.3. The van der Waals surface area contributed by atoms with Crippen molar-refractivity contribution in [3.63, 3.8) is 0 Å². The first-order chi connectivity index (χ1) is 21.4. The van der Waals surface area contributed by atoms with Crippen LogP contribution in [0.1, 0.15) is 0 Å². The lowest BCUT2D eigenvalue weighted by molar-refractivity contribution is 1.05. The summed E-state index contributed by atoms with van der Waals surface area (Å²) in [7, 11) is 0. The van der Waals surface area contributed by atoms with Crippen LogP contribution in [-0.2, 0) is 0 Å². The number of para-hydroxylation sites is 2. The Morgan fingerprint density at radius 2 is 0.907 bits per heavy atom. The van der Waals surface area contributed by atoms with E-state index in [4.69, 9.17) is 9.97 Å². The largest absolute Gasteiger partial charge is 0.291 e. The highest BCUT2D eigenvalue weighted by Crippen LogP contribution is 2.53. The Bertz CT molecular complexity index is 2330. The topological polar surface area (TPSA) is 30.7 Å². The number of hydrogen-bond acceptors (Lipinski definition) is 2. The van der Waals surface area contributed by atoms with E-state index in [0.717, 1.165) is 44.9 Å². The van der Waals surface area contributed by atoms with Crippen molar-refractivity contribution in [1.82, 2.24) is 14.5 Å². The van der Waals surface area contributed by atoms with Crippen molar-refractivity contribution in [3.8, 4) is 61.7 Å². The highest BCUT2D eigenvalue weighted by atomic mass is 15.1. The third kappa shape index (κ3) is 3.55. The second kappa shape index (κ2) is 9.37. The minimum absolute atomic E-state index is 0.823. The van der Waals surface area contributed by atoms with Crippen LogP contribution in [0.3, 0.4) is 0 Å². The number of nitrogens with zero attached hydrogens (tertiary/aromatic N) is 3. The predicted octanol–water partition coefficient (Wildman–Crippen LogP) is 10.2. The quantitative estimate of drug-likeness (QED) is 0.220. The molecule has 200 valence electrons. The molecule has 0 radical (unpaired) electrons. The fourth-order valence-corrected chi connectivity index (χ4v) is 6.74. The molecule has 2 heterocycles. The zero-order chi connectivity index (χ0) is 28.3. The van der Waals surface area contributed by atoms with Gasteiger partial charge in [-0.25, -0.2) is 9.97 Å². The predicted molar refractivity (Wildman–Crippen MR) is 177 cm³/mol. The highest BCUT2D eigenvalue weighted by molar-refractivity contribution is 6.18. The molecular weight excluding hydrogens is 522 g/mol. The minimum atomic E-state index is 0.823. The number of aromatic nitrogens is 3. The van der Waals surface area contributed by atoms with E-state index >= 15 is 0 Å². The molecule has 0 bridgehead atoms. The normalized spacial score (nSPS) is 11.7. The minimum Gasteiger partial charge on any atom is -0.291 e. The maximum absolute atomic E-state index is 5.38. The van der Waals surface area contributed by atoms with E-state index in [-0.39, 0.29) is 0 Å². The van der Waals surface area contributed by atoms with Crippen molar-refractivity contribution in [2.75, 3.05) is 0 Å². The Kier molecular flexibility index (Phi) is 5.20. The van der Waals surface area contributed by atoms with Gasteiger partial charge in [0.2, 0.25) is 0 Å². The zero-order valence-corrected chi connectivity index (χ0v) is 23.3. The second-order valence-electron chi connectivity index (χ2n) is 11.0. The number of hydrogen-bond donors (Lipinski definition) is 0. The Hall–Kier alpha value is -5.80. The van der Waals surface area contributed by atoms with Crippen LogP contribution < -0.4 is 0 Å². The van der Waals surface area contributed by atoms with Crippen LogP contribution in [0.5, 0.6) is 0 Å². The summed E-state index contributed by atoms with van der Waals surface area (Å²) in [6, 6.07) is 53.6. The third-order valence-corrected chi connectivity index (χ3v) is 8.56. The molecule has 0 spiro atoms. The number of rotatable bonds is 3. The molecule has 3 nitrogen and oxygen atoms in total. The van der Waals surface area contributed by atoms with E-state index < -0.39 is 0 Å². The second-order valence-corrected chi connectivity index (χ2v) is 11.0. The van der Waals surface area contributed by atoms with E-state index in [1.54, 1.807) is 0 Å². The molecule has 0 saturated heterocycles. The maximum Gasteiger partial charge on any atom is 0.165 e. The molecule has 0 amide bonds. The highest BCUT2D eigenvalue weighted by Gasteiger charge is 2.30. The summed E-state index contributed by atoms with van der Waals surface area (Å²) in [5.74, 6) is 0.823. The van der Waals surface area contributed by atoms with Gasteiger partial charge >= 0.3 is 0 Å². The van der Waals surface area contributed by atoms with Gasteiger partial charge in [0.05, 0.1) is 22.2 Å². The van der Waals surface area contributed by atoms with Gasteiger partial charge in [-0.3, -0.25) is 4.57 Å². The molecule has 0 N–H and O–H groups in total. The van der Waals surface area contributed by atoms with Crippen LogP contribution in [0.4, 0.5) is 0 Å². The summed E-state index contributed by atoms with van der Waals surface area (Å²) in [6.45, 7) is 0. The molecule has 6 aromatic carbocycles. The van der Waals surface area contributed by atoms with Gasteiger partial charge in [0.15, 0.2) is 5.82 Å². The fraction of sp³-hybridized carbons (Fsp3) is 0. The fourth-order valence-electron chi connectivity index (χ4n) is 6.74. The van der Waals surface area contributed by atoms with Gasteiger partial charge in [0.1, 0.15) is 5.69 Å². The summed E-state index contributed by atoms with van der Waals surface area (Å²) in [5.41, 5.74) is 14.4. The molecule has 43 heavy (non-hydrogen) atoms. The molecule has 3 heteroatoms. The van der Waals surface area contributed by atoms with Crippen LogP contribution in [0.15, 0.2) is 152 Å². The SMILES string of the molecule is c1ccc(-c2nc3ccccc3nc2-n2c(-c3ccccc3)c3c4c(cccc42)-c2ccccc2-c2ccccc2-3)cc1. The van der Waals surface area contributed by atoms with Crippen molar-refractivity contribution in [1.29, 1.82) is 0 Å². The average Bonchev–Trinajstić information content (AvgIpc) is 3.37. The lowest BCUT2D eigenvalue weighted by Crippen LogP contribution is -2.05. The molecule has 9 rings (SSSR count). The summed E-state index contributed by atoms with van der Waals surface area (Å²) >= 11 is 0. The molecule has 0 unspecified atom stereocenters. The third-order valence-electron chi connectivity index (χ3n) is 8.56. The molecule has 0 atom stereocenters. The van der Waals surface area contributed by atoms with Crippen LogP contribution in [0.2, 0.25) is 0 Å². The Labute approximate surface area is 249 Å². The molecule has 1 aliphatic rings. The Morgan fingerprint density at radius 3 is 1.60 bits per heavy atom. The molecule has 0 aliphatic heterocycles. The van der Waals surface area contributed by atoms with Gasteiger partial charge in [0.25, 0.3) is 0 Å². The smallest absolute Gasteiger partial charge is 0.165 e.